The molecule has 17 heavy (non-hydrogen) atoms. The molecule has 0 aliphatic carbocycles. The molecule has 1 aromatic carbocycles. The molecular formula is C13H18O4. The number of ether oxygens (including phenoxy) is 4. The molecule has 2 rings (SSSR count). The first-order valence-corrected chi connectivity index (χ1v) is 5.89. The third-order valence-electron chi connectivity index (χ3n) is 2.59. The van der Waals surface area contributed by atoms with Gasteiger partial charge in [0.25, 0.3) is 0 Å². The zero-order chi connectivity index (χ0) is 12.1. The highest BCUT2D eigenvalue weighted by Gasteiger charge is 2.18. The molecule has 0 atom stereocenters. The van der Waals surface area contributed by atoms with Crippen LogP contribution in [-0.4, -0.2) is 26.9 Å². The Morgan fingerprint density at radius 3 is 2.65 bits per heavy atom. The van der Waals surface area contributed by atoms with Gasteiger partial charge in [-0.3, -0.25) is 0 Å². The van der Waals surface area contributed by atoms with E-state index in [1.807, 2.05) is 25.1 Å². The summed E-state index contributed by atoms with van der Waals surface area (Å²) in [5.74, 6) is 1.46. The van der Waals surface area contributed by atoms with Gasteiger partial charge in [-0.05, 0) is 25.5 Å². The van der Waals surface area contributed by atoms with Crippen molar-refractivity contribution in [2.45, 2.75) is 19.6 Å². The Morgan fingerprint density at radius 1 is 1.24 bits per heavy atom. The minimum atomic E-state index is -0.284. The largest absolute Gasteiger partial charge is 0.493 e. The van der Waals surface area contributed by atoms with Crippen molar-refractivity contribution >= 4 is 0 Å². The molecule has 1 aliphatic heterocycles. The normalized spacial score (nSPS) is 16.8. The summed E-state index contributed by atoms with van der Waals surface area (Å²) in [6.07, 6.45) is 0.665. The lowest BCUT2D eigenvalue weighted by molar-refractivity contribution is -0.183. The molecule has 4 nitrogen and oxygen atoms in total. The van der Waals surface area contributed by atoms with E-state index in [1.54, 1.807) is 7.11 Å². The highest BCUT2D eigenvalue weighted by molar-refractivity contribution is 5.43. The van der Waals surface area contributed by atoms with Crippen molar-refractivity contribution in [3.8, 4) is 11.5 Å². The van der Waals surface area contributed by atoms with Gasteiger partial charge in [-0.1, -0.05) is 6.07 Å². The van der Waals surface area contributed by atoms with E-state index in [9.17, 15) is 0 Å². The fraction of sp³-hybridized carbons (Fsp3) is 0.538. The van der Waals surface area contributed by atoms with Crippen LogP contribution in [0.15, 0.2) is 18.2 Å². The van der Waals surface area contributed by atoms with E-state index in [1.165, 1.54) is 0 Å². The van der Waals surface area contributed by atoms with E-state index in [4.69, 9.17) is 18.9 Å². The van der Waals surface area contributed by atoms with Gasteiger partial charge in [-0.25, -0.2) is 0 Å². The minimum Gasteiger partial charge on any atom is -0.493 e. The second-order valence-electron chi connectivity index (χ2n) is 3.77. The lowest BCUT2D eigenvalue weighted by atomic mass is 10.2. The van der Waals surface area contributed by atoms with Crippen LogP contribution in [0.2, 0.25) is 0 Å². The average molecular weight is 238 g/mol. The van der Waals surface area contributed by atoms with Gasteiger partial charge in [0, 0.05) is 5.56 Å². The van der Waals surface area contributed by atoms with Crippen LogP contribution in [0.1, 0.15) is 25.2 Å². The van der Waals surface area contributed by atoms with Crippen LogP contribution in [-0.2, 0) is 9.47 Å². The van der Waals surface area contributed by atoms with Crippen LogP contribution in [0.5, 0.6) is 11.5 Å². The standard InChI is InChI=1S/C13H18O4/c1-3-15-11-6-5-10(9-12(11)14-2)13-16-7-4-8-17-13/h5-6,9,13H,3-4,7-8H2,1-2H3. The molecule has 0 aromatic heterocycles. The van der Waals surface area contributed by atoms with Crippen molar-refractivity contribution in [2.75, 3.05) is 26.9 Å². The summed E-state index contributed by atoms with van der Waals surface area (Å²) in [5, 5.41) is 0. The lowest BCUT2D eigenvalue weighted by Crippen LogP contribution is -2.17. The lowest BCUT2D eigenvalue weighted by Gasteiger charge is -2.24. The maximum atomic E-state index is 5.54. The molecule has 0 amide bonds. The van der Waals surface area contributed by atoms with Gasteiger partial charge in [0.1, 0.15) is 0 Å². The number of benzene rings is 1. The molecule has 1 saturated heterocycles. The van der Waals surface area contributed by atoms with Crippen LogP contribution in [0.4, 0.5) is 0 Å². The molecule has 0 N–H and O–H groups in total. The zero-order valence-electron chi connectivity index (χ0n) is 10.3. The van der Waals surface area contributed by atoms with Gasteiger partial charge in [0.2, 0.25) is 0 Å². The highest BCUT2D eigenvalue weighted by Crippen LogP contribution is 2.32. The highest BCUT2D eigenvalue weighted by atomic mass is 16.7. The molecule has 1 heterocycles. The summed E-state index contributed by atoms with van der Waals surface area (Å²) in [5.41, 5.74) is 0.963. The van der Waals surface area contributed by atoms with Crippen molar-refractivity contribution in [2.24, 2.45) is 0 Å². The Balaban J connectivity index is 2.17. The molecule has 1 aliphatic rings. The molecular weight excluding hydrogens is 220 g/mol. The van der Waals surface area contributed by atoms with Gasteiger partial charge in [-0.2, -0.15) is 0 Å². The van der Waals surface area contributed by atoms with E-state index >= 15 is 0 Å². The maximum Gasteiger partial charge on any atom is 0.183 e. The van der Waals surface area contributed by atoms with E-state index in [0.29, 0.717) is 12.4 Å². The van der Waals surface area contributed by atoms with Gasteiger partial charge in [0.05, 0.1) is 26.9 Å². The van der Waals surface area contributed by atoms with Crippen molar-refractivity contribution in [3.05, 3.63) is 23.8 Å². The topological polar surface area (TPSA) is 36.9 Å². The molecule has 4 heteroatoms. The summed E-state index contributed by atoms with van der Waals surface area (Å²) >= 11 is 0. The van der Waals surface area contributed by atoms with Crippen LogP contribution in [0.25, 0.3) is 0 Å². The molecule has 1 aromatic rings. The van der Waals surface area contributed by atoms with Crippen LogP contribution in [0.3, 0.4) is 0 Å². The quantitative estimate of drug-likeness (QED) is 0.807. The molecule has 0 radical (unpaired) electrons. The van der Waals surface area contributed by atoms with E-state index in [-0.39, 0.29) is 6.29 Å². The van der Waals surface area contributed by atoms with Gasteiger partial charge in [-0.15, -0.1) is 0 Å². The summed E-state index contributed by atoms with van der Waals surface area (Å²) in [7, 11) is 1.63. The second kappa shape index (κ2) is 5.89. The molecule has 0 spiro atoms. The third-order valence-corrected chi connectivity index (χ3v) is 2.59. The van der Waals surface area contributed by atoms with Gasteiger partial charge < -0.3 is 18.9 Å². The molecule has 0 unspecified atom stereocenters. The first-order chi connectivity index (χ1) is 8.35. The third kappa shape index (κ3) is 2.90. The van der Waals surface area contributed by atoms with Crippen molar-refractivity contribution < 1.29 is 18.9 Å². The smallest absolute Gasteiger partial charge is 0.183 e. The molecule has 0 bridgehead atoms. The SMILES string of the molecule is CCOc1ccc(C2OCCCO2)cc1OC. The first kappa shape index (κ1) is 12.2. The van der Waals surface area contributed by atoms with Crippen molar-refractivity contribution in [1.82, 2.24) is 0 Å². The van der Waals surface area contributed by atoms with Crippen LogP contribution >= 0.6 is 0 Å². The predicted molar refractivity (Wildman–Crippen MR) is 63.4 cm³/mol. The van der Waals surface area contributed by atoms with Crippen molar-refractivity contribution in [1.29, 1.82) is 0 Å². The van der Waals surface area contributed by atoms with E-state index in [2.05, 4.69) is 0 Å². The zero-order valence-corrected chi connectivity index (χ0v) is 10.3. The minimum absolute atomic E-state index is 0.284. The summed E-state index contributed by atoms with van der Waals surface area (Å²) < 4.78 is 21.8. The maximum absolute atomic E-state index is 5.54. The van der Waals surface area contributed by atoms with E-state index < -0.39 is 0 Å². The van der Waals surface area contributed by atoms with Crippen LogP contribution in [0, 0.1) is 0 Å². The monoisotopic (exact) mass is 238 g/mol. The molecule has 0 saturated carbocycles. The summed E-state index contributed by atoms with van der Waals surface area (Å²) in [6.45, 7) is 4.03. The number of rotatable bonds is 4. The Morgan fingerprint density at radius 2 is 2.00 bits per heavy atom. The number of hydrogen-bond acceptors (Lipinski definition) is 4. The Kier molecular flexibility index (Phi) is 4.23. The molecule has 94 valence electrons. The fourth-order valence-electron chi connectivity index (χ4n) is 1.79. The fourth-order valence-corrected chi connectivity index (χ4v) is 1.79. The number of hydrogen-bond donors (Lipinski definition) is 0. The summed E-state index contributed by atoms with van der Waals surface area (Å²) in [4.78, 5) is 0. The average Bonchev–Trinajstić information content (AvgIpc) is 2.40. The van der Waals surface area contributed by atoms with Gasteiger partial charge in [0.15, 0.2) is 17.8 Å². The first-order valence-electron chi connectivity index (χ1n) is 5.89. The number of methoxy groups -OCH3 is 1. The second-order valence-corrected chi connectivity index (χ2v) is 3.77. The summed E-state index contributed by atoms with van der Waals surface area (Å²) in [6, 6.07) is 5.74. The Labute approximate surface area is 101 Å². The van der Waals surface area contributed by atoms with Crippen molar-refractivity contribution in [3.63, 3.8) is 0 Å². The Bertz CT molecular complexity index is 358. The van der Waals surface area contributed by atoms with Crippen LogP contribution < -0.4 is 9.47 Å². The van der Waals surface area contributed by atoms with Gasteiger partial charge >= 0.3 is 0 Å². The van der Waals surface area contributed by atoms with E-state index in [0.717, 1.165) is 30.9 Å². The predicted octanol–water partition coefficient (Wildman–Crippen LogP) is 2.53. The molecule has 1 fully saturated rings. The Hall–Kier alpha value is -1.26.